The van der Waals surface area contributed by atoms with Gasteiger partial charge in [-0.2, -0.15) is 0 Å². The van der Waals surface area contributed by atoms with Crippen molar-refractivity contribution in [2.45, 2.75) is 6.92 Å². The molecule has 0 aliphatic heterocycles. The second-order valence-electron chi connectivity index (χ2n) is 9.80. The Kier molecular flexibility index (Phi) is 7.17. The molecule has 0 spiro atoms. The third kappa shape index (κ3) is 5.02. The van der Waals surface area contributed by atoms with Gasteiger partial charge in [0, 0.05) is 38.9 Å². The van der Waals surface area contributed by atoms with Crippen molar-refractivity contribution in [1.82, 2.24) is 14.5 Å². The Bertz CT molecular complexity index is 1840. The molecule has 0 radical (unpaired) electrons. The van der Waals surface area contributed by atoms with Gasteiger partial charge in [0.2, 0.25) is 0 Å². The Balaban J connectivity index is 1.59. The number of fused-ring (bicyclic) bond motifs is 1. The van der Waals surface area contributed by atoms with Crippen LogP contribution in [-0.2, 0) is 0 Å². The molecule has 41 heavy (non-hydrogen) atoms. The predicted molar refractivity (Wildman–Crippen MR) is 169 cm³/mol. The van der Waals surface area contributed by atoms with Crippen molar-refractivity contribution in [2.75, 3.05) is 0 Å². The van der Waals surface area contributed by atoms with E-state index in [1.165, 1.54) is 0 Å². The molecular formula is C35H28BN3O2. The molecule has 2 heterocycles. The Morgan fingerprint density at radius 2 is 1.34 bits per heavy atom. The average molecular weight is 533 g/mol. The van der Waals surface area contributed by atoms with Crippen LogP contribution in [0.1, 0.15) is 11.3 Å². The van der Waals surface area contributed by atoms with Gasteiger partial charge < -0.3 is 14.6 Å². The minimum absolute atomic E-state index is 0.433. The van der Waals surface area contributed by atoms with Crippen LogP contribution < -0.4 is 5.46 Å². The van der Waals surface area contributed by atoms with E-state index in [4.69, 9.17) is 9.97 Å². The van der Waals surface area contributed by atoms with Crippen molar-refractivity contribution in [1.29, 1.82) is 0 Å². The Morgan fingerprint density at radius 1 is 0.732 bits per heavy atom. The summed E-state index contributed by atoms with van der Waals surface area (Å²) >= 11 is 0. The molecule has 0 fully saturated rings. The van der Waals surface area contributed by atoms with Gasteiger partial charge in [-0.05, 0) is 36.8 Å². The van der Waals surface area contributed by atoms with E-state index in [1.54, 1.807) is 12.1 Å². The van der Waals surface area contributed by atoms with Crippen LogP contribution in [0.3, 0.4) is 0 Å². The van der Waals surface area contributed by atoms with Crippen LogP contribution >= 0.6 is 0 Å². The second kappa shape index (κ2) is 11.2. The summed E-state index contributed by atoms with van der Waals surface area (Å²) in [4.78, 5) is 9.98. The number of para-hydroxylation sites is 1. The maximum absolute atomic E-state index is 10.3. The van der Waals surface area contributed by atoms with Gasteiger partial charge in [0.25, 0.3) is 0 Å². The first-order chi connectivity index (χ1) is 20.0. The number of rotatable bonds is 7. The number of hydrogen-bond acceptors (Lipinski definition) is 4. The number of aromatic nitrogens is 3. The van der Waals surface area contributed by atoms with E-state index in [9.17, 15) is 10.0 Å². The first kappa shape index (κ1) is 26.2. The highest BCUT2D eigenvalue weighted by atomic mass is 16.4. The highest BCUT2D eigenvalue weighted by Gasteiger charge is 2.22. The zero-order chi connectivity index (χ0) is 28.3. The molecule has 2 N–H and O–H groups in total. The zero-order valence-electron chi connectivity index (χ0n) is 22.6. The SMILES string of the molecule is C=C/C=C\c1c(C)c2cccc(B(O)O)c2n1-c1cccc(-c2nc(-c3ccccc3)cc(-c3ccccc3)n2)c1. The Hall–Kier alpha value is -5.04. The number of allylic oxidation sites excluding steroid dienone is 2. The summed E-state index contributed by atoms with van der Waals surface area (Å²) in [5.74, 6) is 0.603. The van der Waals surface area contributed by atoms with Crippen LogP contribution in [-0.4, -0.2) is 31.7 Å². The molecule has 6 aromatic rings. The normalized spacial score (nSPS) is 11.3. The van der Waals surface area contributed by atoms with Crippen LogP contribution in [0.4, 0.5) is 0 Å². The minimum atomic E-state index is -1.62. The van der Waals surface area contributed by atoms with Gasteiger partial charge in [-0.3, -0.25) is 0 Å². The van der Waals surface area contributed by atoms with Crippen molar-refractivity contribution in [3.8, 4) is 39.6 Å². The molecule has 0 unspecified atom stereocenters. The Labute approximate surface area is 239 Å². The fraction of sp³-hybridized carbons (Fsp3) is 0.0286. The Morgan fingerprint density at radius 3 is 1.95 bits per heavy atom. The molecule has 0 saturated heterocycles. The monoisotopic (exact) mass is 533 g/mol. The van der Waals surface area contributed by atoms with Crippen molar-refractivity contribution in [2.24, 2.45) is 0 Å². The maximum atomic E-state index is 10.3. The molecule has 4 aromatic carbocycles. The van der Waals surface area contributed by atoms with E-state index in [-0.39, 0.29) is 0 Å². The summed E-state index contributed by atoms with van der Waals surface area (Å²) in [6, 6.07) is 35.8. The number of aryl methyl sites for hydroxylation is 1. The lowest BCUT2D eigenvalue weighted by Crippen LogP contribution is -2.31. The van der Waals surface area contributed by atoms with Crippen molar-refractivity contribution >= 4 is 29.6 Å². The van der Waals surface area contributed by atoms with Gasteiger partial charge in [-0.25, -0.2) is 9.97 Å². The molecule has 5 nitrogen and oxygen atoms in total. The summed E-state index contributed by atoms with van der Waals surface area (Å²) in [6.45, 7) is 5.87. The smallest absolute Gasteiger partial charge is 0.423 e. The third-order valence-electron chi connectivity index (χ3n) is 7.22. The average Bonchev–Trinajstić information content (AvgIpc) is 3.31. The summed E-state index contributed by atoms with van der Waals surface area (Å²) in [5.41, 5.74) is 8.52. The lowest BCUT2D eigenvalue weighted by Gasteiger charge is -2.14. The molecule has 0 atom stereocenters. The van der Waals surface area contributed by atoms with E-state index in [0.29, 0.717) is 11.3 Å². The quantitative estimate of drug-likeness (QED) is 0.179. The summed E-state index contributed by atoms with van der Waals surface area (Å²) in [7, 11) is -1.62. The summed E-state index contributed by atoms with van der Waals surface area (Å²) in [5, 5.41) is 21.5. The topological polar surface area (TPSA) is 71.2 Å². The molecule has 0 aliphatic rings. The summed E-state index contributed by atoms with van der Waals surface area (Å²) < 4.78 is 2.06. The number of nitrogens with zero attached hydrogens (tertiary/aromatic N) is 3. The lowest BCUT2D eigenvalue weighted by molar-refractivity contribution is 0.426. The largest absolute Gasteiger partial charge is 0.490 e. The fourth-order valence-corrected chi connectivity index (χ4v) is 5.25. The molecule has 0 amide bonds. The summed E-state index contributed by atoms with van der Waals surface area (Å²) in [6.07, 6.45) is 5.60. The molecule has 0 bridgehead atoms. The van der Waals surface area contributed by atoms with Gasteiger partial charge in [0.1, 0.15) is 0 Å². The van der Waals surface area contributed by atoms with E-state index in [0.717, 1.165) is 55.9 Å². The van der Waals surface area contributed by atoms with Gasteiger partial charge in [-0.1, -0.05) is 110 Å². The highest BCUT2D eigenvalue weighted by molar-refractivity contribution is 6.61. The van der Waals surface area contributed by atoms with Crippen LogP contribution in [0.2, 0.25) is 0 Å². The fourth-order valence-electron chi connectivity index (χ4n) is 5.25. The maximum Gasteiger partial charge on any atom is 0.490 e. The number of benzene rings is 4. The minimum Gasteiger partial charge on any atom is -0.423 e. The third-order valence-corrected chi connectivity index (χ3v) is 7.22. The van der Waals surface area contributed by atoms with Crippen LogP contribution in [0.5, 0.6) is 0 Å². The predicted octanol–water partition coefficient (Wildman–Crippen LogP) is 6.61. The van der Waals surface area contributed by atoms with Gasteiger partial charge in [0.05, 0.1) is 16.9 Å². The van der Waals surface area contributed by atoms with Gasteiger partial charge in [0.15, 0.2) is 5.82 Å². The molecular weight excluding hydrogens is 505 g/mol. The molecule has 6 rings (SSSR count). The standard InChI is InChI=1S/C35H28BN3O2/c1-3-4-21-33-24(2)29-19-12-20-30(36(40)41)34(29)39(33)28-18-11-17-27(22-28)35-37-31(25-13-7-5-8-14-25)23-32(38-35)26-15-9-6-10-16-26/h3-23,40-41H,1H2,2H3/b21-4-. The van der Waals surface area contributed by atoms with Crippen LogP contribution in [0, 0.1) is 6.92 Å². The van der Waals surface area contributed by atoms with E-state index in [1.807, 2.05) is 122 Å². The lowest BCUT2D eigenvalue weighted by atomic mass is 9.79. The second-order valence-corrected chi connectivity index (χ2v) is 9.80. The van der Waals surface area contributed by atoms with Crippen molar-refractivity contribution < 1.29 is 10.0 Å². The highest BCUT2D eigenvalue weighted by Crippen LogP contribution is 2.32. The molecule has 0 saturated carbocycles. The molecule has 2 aromatic heterocycles. The van der Waals surface area contributed by atoms with E-state index >= 15 is 0 Å². The molecule has 198 valence electrons. The van der Waals surface area contributed by atoms with Crippen molar-refractivity contribution in [3.63, 3.8) is 0 Å². The van der Waals surface area contributed by atoms with E-state index in [2.05, 4.69) is 11.1 Å². The van der Waals surface area contributed by atoms with Gasteiger partial charge in [-0.15, -0.1) is 0 Å². The number of hydrogen-bond donors (Lipinski definition) is 2. The van der Waals surface area contributed by atoms with Crippen LogP contribution in [0.25, 0.3) is 56.6 Å². The van der Waals surface area contributed by atoms with Crippen molar-refractivity contribution in [3.05, 3.63) is 139 Å². The van der Waals surface area contributed by atoms with Crippen LogP contribution in [0.15, 0.2) is 128 Å². The zero-order valence-corrected chi connectivity index (χ0v) is 22.6. The first-order valence-electron chi connectivity index (χ1n) is 13.4. The molecule has 0 aliphatic carbocycles. The first-order valence-corrected chi connectivity index (χ1v) is 13.4. The van der Waals surface area contributed by atoms with Gasteiger partial charge >= 0.3 is 7.12 Å². The van der Waals surface area contributed by atoms with E-state index < -0.39 is 7.12 Å². The molecule has 6 heteroatoms.